The van der Waals surface area contributed by atoms with Gasteiger partial charge in [-0.15, -0.1) is 0 Å². The van der Waals surface area contributed by atoms with Gasteiger partial charge in [0, 0.05) is 13.2 Å². The lowest BCUT2D eigenvalue weighted by atomic mass is 10.2. The predicted octanol–water partition coefficient (Wildman–Crippen LogP) is 3.17. The minimum absolute atomic E-state index is 0.0566. The van der Waals surface area contributed by atoms with E-state index in [1.807, 2.05) is 0 Å². The van der Waals surface area contributed by atoms with Gasteiger partial charge in [0.1, 0.15) is 0 Å². The Hall–Kier alpha value is -0.980. The van der Waals surface area contributed by atoms with E-state index in [0.29, 0.717) is 6.61 Å². The third-order valence-corrected chi connectivity index (χ3v) is 2.67. The maximum atomic E-state index is 12.5. The quantitative estimate of drug-likeness (QED) is 0.847. The fourth-order valence-corrected chi connectivity index (χ4v) is 1.56. The summed E-state index contributed by atoms with van der Waals surface area (Å²) in [7, 11) is 0. The second kappa shape index (κ2) is 6.98. The Kier molecular flexibility index (Phi) is 5.90. The Labute approximate surface area is 114 Å². The van der Waals surface area contributed by atoms with E-state index in [9.17, 15) is 18.3 Å². The number of aliphatic hydroxyl groups is 1. The zero-order chi connectivity index (χ0) is 14.5. The van der Waals surface area contributed by atoms with Crippen LogP contribution in [0.15, 0.2) is 18.2 Å². The van der Waals surface area contributed by atoms with E-state index in [2.05, 4.69) is 5.32 Å². The molecule has 0 radical (unpaired) electrons. The van der Waals surface area contributed by atoms with Crippen LogP contribution < -0.4 is 5.32 Å². The summed E-state index contributed by atoms with van der Waals surface area (Å²) in [6, 6.07) is 2.99. The molecule has 108 valence electrons. The second-order valence-electron chi connectivity index (χ2n) is 3.89. The number of alkyl halides is 3. The Balaban J connectivity index is 2.67. The standard InChI is InChI=1S/C12H15ClF3NO2/c1-2-19-7-9(18)6-17-11-5-8(12(14,15)16)3-4-10(11)13/h3-5,9,17-18H,2,6-7H2,1H3. The van der Waals surface area contributed by atoms with Gasteiger partial charge < -0.3 is 15.2 Å². The predicted molar refractivity (Wildman–Crippen MR) is 67.4 cm³/mol. The molecule has 1 atom stereocenters. The van der Waals surface area contributed by atoms with E-state index in [0.717, 1.165) is 12.1 Å². The summed E-state index contributed by atoms with van der Waals surface area (Å²) in [5.41, 5.74) is -0.661. The van der Waals surface area contributed by atoms with E-state index >= 15 is 0 Å². The van der Waals surface area contributed by atoms with Crippen molar-refractivity contribution in [2.45, 2.75) is 19.2 Å². The van der Waals surface area contributed by atoms with Crippen molar-refractivity contribution >= 4 is 17.3 Å². The third kappa shape index (κ3) is 5.26. The molecule has 0 bridgehead atoms. The average Bonchev–Trinajstić information content (AvgIpc) is 2.33. The second-order valence-corrected chi connectivity index (χ2v) is 4.29. The van der Waals surface area contributed by atoms with Gasteiger partial charge in [0.15, 0.2) is 0 Å². The SMILES string of the molecule is CCOCC(O)CNc1cc(C(F)(F)F)ccc1Cl. The van der Waals surface area contributed by atoms with Crippen LogP contribution in [0.25, 0.3) is 0 Å². The molecule has 0 saturated carbocycles. The topological polar surface area (TPSA) is 41.5 Å². The van der Waals surface area contributed by atoms with Gasteiger partial charge in [-0.05, 0) is 25.1 Å². The van der Waals surface area contributed by atoms with Gasteiger partial charge in [-0.3, -0.25) is 0 Å². The van der Waals surface area contributed by atoms with Crippen LogP contribution in [0.1, 0.15) is 12.5 Å². The van der Waals surface area contributed by atoms with E-state index in [4.69, 9.17) is 16.3 Å². The first kappa shape index (κ1) is 16.1. The molecule has 0 heterocycles. The lowest BCUT2D eigenvalue weighted by Gasteiger charge is -2.15. The number of rotatable bonds is 6. The molecule has 0 amide bonds. The number of hydrogen-bond donors (Lipinski definition) is 2. The monoisotopic (exact) mass is 297 g/mol. The van der Waals surface area contributed by atoms with Crippen LogP contribution in [0.3, 0.4) is 0 Å². The fourth-order valence-electron chi connectivity index (χ4n) is 1.38. The molecule has 1 aromatic carbocycles. The smallest absolute Gasteiger partial charge is 0.389 e. The van der Waals surface area contributed by atoms with Crippen LogP contribution in [-0.2, 0) is 10.9 Å². The summed E-state index contributed by atoms with van der Waals surface area (Å²) in [4.78, 5) is 0. The number of benzene rings is 1. The molecule has 7 heteroatoms. The molecule has 2 N–H and O–H groups in total. The normalized spacial score (nSPS) is 13.4. The summed E-state index contributed by atoms with van der Waals surface area (Å²) in [6.45, 7) is 2.41. The first-order chi connectivity index (χ1) is 8.84. The molecule has 0 aliphatic carbocycles. The maximum absolute atomic E-state index is 12.5. The molecule has 0 fully saturated rings. The molecule has 0 spiro atoms. The number of halogens is 4. The molecule has 1 rings (SSSR count). The van der Waals surface area contributed by atoms with E-state index in [1.54, 1.807) is 6.92 Å². The highest BCUT2D eigenvalue weighted by molar-refractivity contribution is 6.33. The van der Waals surface area contributed by atoms with Crippen LogP contribution in [-0.4, -0.2) is 31.0 Å². The van der Waals surface area contributed by atoms with Crippen LogP contribution in [0, 0.1) is 0 Å². The van der Waals surface area contributed by atoms with Crippen molar-refractivity contribution < 1.29 is 23.0 Å². The van der Waals surface area contributed by atoms with Gasteiger partial charge in [0.05, 0.1) is 29.0 Å². The van der Waals surface area contributed by atoms with Crippen molar-refractivity contribution in [2.24, 2.45) is 0 Å². The lowest BCUT2D eigenvalue weighted by Crippen LogP contribution is -2.25. The van der Waals surface area contributed by atoms with Crippen molar-refractivity contribution in [1.29, 1.82) is 0 Å². The maximum Gasteiger partial charge on any atom is 0.416 e. The minimum Gasteiger partial charge on any atom is -0.389 e. The highest BCUT2D eigenvalue weighted by atomic mass is 35.5. The molecular formula is C12H15ClF3NO2. The Morgan fingerprint density at radius 2 is 2.11 bits per heavy atom. The van der Waals surface area contributed by atoms with Crippen molar-refractivity contribution in [3.8, 4) is 0 Å². The van der Waals surface area contributed by atoms with Crippen molar-refractivity contribution in [2.75, 3.05) is 25.1 Å². The summed E-state index contributed by atoms with van der Waals surface area (Å²) in [5, 5.41) is 12.3. The van der Waals surface area contributed by atoms with Gasteiger partial charge in [0.2, 0.25) is 0 Å². The molecule has 19 heavy (non-hydrogen) atoms. The summed E-state index contributed by atoms with van der Waals surface area (Å²) < 4.78 is 42.6. The molecule has 0 aromatic heterocycles. The average molecular weight is 298 g/mol. The van der Waals surface area contributed by atoms with E-state index < -0.39 is 17.8 Å². The molecule has 0 saturated heterocycles. The van der Waals surface area contributed by atoms with Gasteiger partial charge in [-0.25, -0.2) is 0 Å². The molecule has 0 aliphatic rings. The Morgan fingerprint density at radius 3 is 2.68 bits per heavy atom. The zero-order valence-electron chi connectivity index (χ0n) is 10.3. The highest BCUT2D eigenvalue weighted by Gasteiger charge is 2.30. The highest BCUT2D eigenvalue weighted by Crippen LogP contribution is 2.33. The molecular weight excluding hydrogens is 283 g/mol. The first-order valence-electron chi connectivity index (χ1n) is 5.71. The molecule has 0 aliphatic heterocycles. The van der Waals surface area contributed by atoms with Crippen LogP contribution >= 0.6 is 11.6 Å². The van der Waals surface area contributed by atoms with Crippen molar-refractivity contribution in [3.63, 3.8) is 0 Å². The molecule has 1 aromatic rings. The largest absolute Gasteiger partial charge is 0.416 e. The Morgan fingerprint density at radius 1 is 1.42 bits per heavy atom. The number of anilines is 1. The Bertz CT molecular complexity index is 412. The fraction of sp³-hybridized carbons (Fsp3) is 0.500. The van der Waals surface area contributed by atoms with Crippen LogP contribution in [0.4, 0.5) is 18.9 Å². The first-order valence-corrected chi connectivity index (χ1v) is 6.08. The zero-order valence-corrected chi connectivity index (χ0v) is 11.1. The molecule has 1 unspecified atom stereocenters. The van der Waals surface area contributed by atoms with Crippen LogP contribution in [0.2, 0.25) is 5.02 Å². The van der Waals surface area contributed by atoms with Crippen LogP contribution in [0.5, 0.6) is 0 Å². The number of ether oxygens (including phenoxy) is 1. The number of aliphatic hydroxyl groups excluding tert-OH is 1. The van der Waals surface area contributed by atoms with Gasteiger partial charge in [0.25, 0.3) is 0 Å². The van der Waals surface area contributed by atoms with Crippen molar-refractivity contribution in [1.82, 2.24) is 0 Å². The number of hydrogen-bond acceptors (Lipinski definition) is 3. The number of nitrogens with one attached hydrogen (secondary N) is 1. The van der Waals surface area contributed by atoms with Crippen molar-refractivity contribution in [3.05, 3.63) is 28.8 Å². The molecule has 3 nitrogen and oxygen atoms in total. The van der Waals surface area contributed by atoms with Gasteiger partial charge in [-0.2, -0.15) is 13.2 Å². The summed E-state index contributed by atoms with van der Waals surface area (Å²) in [5.74, 6) is 0. The summed E-state index contributed by atoms with van der Waals surface area (Å²) >= 11 is 5.79. The van der Waals surface area contributed by atoms with E-state index in [-0.39, 0.29) is 23.9 Å². The third-order valence-electron chi connectivity index (χ3n) is 2.34. The summed E-state index contributed by atoms with van der Waals surface area (Å²) in [6.07, 6.45) is -5.24. The van der Waals surface area contributed by atoms with Gasteiger partial charge >= 0.3 is 6.18 Å². The lowest BCUT2D eigenvalue weighted by molar-refractivity contribution is -0.137. The minimum atomic E-state index is -4.43. The van der Waals surface area contributed by atoms with Gasteiger partial charge in [-0.1, -0.05) is 11.6 Å². The van der Waals surface area contributed by atoms with E-state index in [1.165, 1.54) is 6.07 Å².